The minimum absolute atomic E-state index is 0.0927. The second-order valence-corrected chi connectivity index (χ2v) is 5.54. The van der Waals surface area contributed by atoms with Crippen molar-refractivity contribution in [3.8, 4) is 0 Å². The number of amides is 1. The normalized spacial score (nSPS) is 26.3. The predicted octanol–water partition coefficient (Wildman–Crippen LogP) is 2.71. The molecule has 3 atom stereocenters. The van der Waals surface area contributed by atoms with Crippen molar-refractivity contribution in [3.05, 3.63) is 29.3 Å². The molecule has 1 heterocycles. The van der Waals surface area contributed by atoms with Gasteiger partial charge in [-0.1, -0.05) is 18.6 Å². The van der Waals surface area contributed by atoms with Crippen LogP contribution in [0.15, 0.2) is 18.2 Å². The molecule has 1 aromatic rings. The number of aliphatic carboxylic acids is 1. The summed E-state index contributed by atoms with van der Waals surface area (Å²) in [6, 6.07) is 5.69. The molecule has 3 unspecified atom stereocenters. The van der Waals surface area contributed by atoms with Crippen LogP contribution in [0.3, 0.4) is 0 Å². The second-order valence-electron chi connectivity index (χ2n) is 5.54. The zero-order chi connectivity index (χ0) is 13.6. The lowest BCUT2D eigenvalue weighted by molar-refractivity contribution is -0.138. The number of hydrogen-bond acceptors (Lipinski definition) is 2. The number of carbonyl (C=O) groups excluding carboxylic acids is 1. The summed E-state index contributed by atoms with van der Waals surface area (Å²) in [6.45, 7) is 1.66. The van der Waals surface area contributed by atoms with Crippen molar-refractivity contribution in [2.24, 2.45) is 5.92 Å². The van der Waals surface area contributed by atoms with Gasteiger partial charge in [0.25, 0.3) is 0 Å². The summed E-state index contributed by atoms with van der Waals surface area (Å²) < 4.78 is 0. The van der Waals surface area contributed by atoms with Crippen LogP contribution in [0.4, 0.5) is 5.69 Å². The fourth-order valence-electron chi connectivity index (χ4n) is 3.29. The Bertz CT molecular complexity index is 552. The number of benzene rings is 1. The van der Waals surface area contributed by atoms with Gasteiger partial charge in [-0.15, -0.1) is 0 Å². The summed E-state index contributed by atoms with van der Waals surface area (Å²) >= 11 is 0. The fourth-order valence-corrected chi connectivity index (χ4v) is 3.29. The number of carboxylic acids is 1. The molecule has 0 spiro atoms. The third-order valence-electron chi connectivity index (χ3n) is 4.46. The molecule has 1 aliphatic carbocycles. The van der Waals surface area contributed by atoms with Gasteiger partial charge < -0.3 is 10.4 Å². The van der Waals surface area contributed by atoms with E-state index in [1.54, 1.807) is 6.92 Å². The maximum absolute atomic E-state index is 12.0. The lowest BCUT2D eigenvalue weighted by Crippen LogP contribution is -2.30. The number of carboxylic acid groups (broad SMARTS) is 1. The van der Waals surface area contributed by atoms with Gasteiger partial charge >= 0.3 is 5.97 Å². The van der Waals surface area contributed by atoms with Crippen LogP contribution >= 0.6 is 0 Å². The molecule has 4 heteroatoms. The fraction of sp³-hybridized carbons (Fsp3) is 0.467. The van der Waals surface area contributed by atoms with E-state index in [0.29, 0.717) is 5.92 Å². The van der Waals surface area contributed by atoms with Crippen molar-refractivity contribution < 1.29 is 14.7 Å². The van der Waals surface area contributed by atoms with Crippen LogP contribution in [0.25, 0.3) is 0 Å². The van der Waals surface area contributed by atoms with Gasteiger partial charge in [0.05, 0.1) is 5.92 Å². The molecule has 0 saturated heterocycles. The van der Waals surface area contributed by atoms with Gasteiger partial charge in [0, 0.05) is 11.6 Å². The molecule has 1 amide bonds. The molecule has 1 saturated carbocycles. The van der Waals surface area contributed by atoms with E-state index in [0.717, 1.165) is 30.5 Å². The Morgan fingerprint density at radius 1 is 1.37 bits per heavy atom. The first-order valence-corrected chi connectivity index (χ1v) is 6.75. The van der Waals surface area contributed by atoms with E-state index in [4.69, 9.17) is 5.11 Å². The Hall–Kier alpha value is -1.84. The van der Waals surface area contributed by atoms with Crippen molar-refractivity contribution in [3.63, 3.8) is 0 Å². The molecule has 3 rings (SSSR count). The highest BCUT2D eigenvalue weighted by Crippen LogP contribution is 2.46. The molecule has 0 radical (unpaired) electrons. The van der Waals surface area contributed by atoms with Crippen LogP contribution in [0, 0.1) is 5.92 Å². The van der Waals surface area contributed by atoms with Gasteiger partial charge in [0.2, 0.25) is 5.91 Å². The van der Waals surface area contributed by atoms with Crippen molar-refractivity contribution >= 4 is 17.6 Å². The first kappa shape index (κ1) is 12.2. The SMILES string of the molecule is CC(C(=O)O)c1ccc2c(c1)NC(=O)C1CCCC21. The van der Waals surface area contributed by atoms with Crippen LogP contribution in [0.2, 0.25) is 0 Å². The average Bonchev–Trinajstić information content (AvgIpc) is 2.87. The molecule has 1 aliphatic heterocycles. The van der Waals surface area contributed by atoms with Crippen molar-refractivity contribution in [2.75, 3.05) is 5.32 Å². The molecule has 1 fully saturated rings. The lowest BCUT2D eigenvalue weighted by Gasteiger charge is -2.28. The minimum atomic E-state index is -0.846. The van der Waals surface area contributed by atoms with E-state index in [1.807, 2.05) is 18.2 Å². The molecular weight excluding hydrogens is 242 g/mol. The summed E-state index contributed by atoms with van der Waals surface area (Å²) in [5, 5.41) is 12.0. The van der Waals surface area contributed by atoms with Crippen LogP contribution in [0.5, 0.6) is 0 Å². The van der Waals surface area contributed by atoms with Crippen LogP contribution in [0.1, 0.15) is 49.1 Å². The van der Waals surface area contributed by atoms with E-state index in [1.165, 1.54) is 5.56 Å². The topological polar surface area (TPSA) is 66.4 Å². The number of rotatable bonds is 2. The largest absolute Gasteiger partial charge is 0.481 e. The highest BCUT2D eigenvalue weighted by molar-refractivity contribution is 5.97. The summed E-state index contributed by atoms with van der Waals surface area (Å²) in [5.41, 5.74) is 2.71. The molecule has 1 aromatic carbocycles. The predicted molar refractivity (Wildman–Crippen MR) is 71.2 cm³/mol. The van der Waals surface area contributed by atoms with Gasteiger partial charge in [-0.05, 0) is 42.9 Å². The van der Waals surface area contributed by atoms with E-state index in [-0.39, 0.29) is 11.8 Å². The van der Waals surface area contributed by atoms with Gasteiger partial charge in [-0.25, -0.2) is 0 Å². The van der Waals surface area contributed by atoms with Gasteiger partial charge in [0.15, 0.2) is 0 Å². The number of nitrogens with one attached hydrogen (secondary N) is 1. The van der Waals surface area contributed by atoms with E-state index >= 15 is 0 Å². The van der Waals surface area contributed by atoms with Crippen molar-refractivity contribution in [1.29, 1.82) is 0 Å². The third-order valence-corrected chi connectivity index (χ3v) is 4.46. The highest BCUT2D eigenvalue weighted by atomic mass is 16.4. The smallest absolute Gasteiger partial charge is 0.310 e. The van der Waals surface area contributed by atoms with Gasteiger partial charge in [-0.2, -0.15) is 0 Å². The van der Waals surface area contributed by atoms with Crippen LogP contribution < -0.4 is 5.32 Å². The Morgan fingerprint density at radius 3 is 2.84 bits per heavy atom. The number of anilines is 1. The molecule has 2 aliphatic rings. The molecular formula is C15H17NO3. The van der Waals surface area contributed by atoms with Crippen LogP contribution in [-0.2, 0) is 9.59 Å². The van der Waals surface area contributed by atoms with E-state index in [2.05, 4.69) is 5.32 Å². The minimum Gasteiger partial charge on any atom is -0.481 e. The number of carbonyl (C=O) groups is 2. The average molecular weight is 259 g/mol. The Balaban J connectivity index is 2.00. The van der Waals surface area contributed by atoms with E-state index in [9.17, 15) is 9.59 Å². The third kappa shape index (κ3) is 1.91. The zero-order valence-electron chi connectivity index (χ0n) is 10.8. The Morgan fingerprint density at radius 2 is 2.11 bits per heavy atom. The molecule has 2 N–H and O–H groups in total. The quantitative estimate of drug-likeness (QED) is 0.858. The van der Waals surface area contributed by atoms with Gasteiger partial charge in [-0.3, -0.25) is 9.59 Å². The van der Waals surface area contributed by atoms with Crippen molar-refractivity contribution in [2.45, 2.75) is 38.0 Å². The van der Waals surface area contributed by atoms with Crippen molar-refractivity contribution in [1.82, 2.24) is 0 Å². The summed E-state index contributed by atoms with van der Waals surface area (Å²) in [5.74, 6) is -0.882. The monoisotopic (exact) mass is 259 g/mol. The molecule has 4 nitrogen and oxygen atoms in total. The van der Waals surface area contributed by atoms with Gasteiger partial charge in [0.1, 0.15) is 0 Å². The number of hydrogen-bond donors (Lipinski definition) is 2. The molecule has 0 aromatic heterocycles. The molecule has 19 heavy (non-hydrogen) atoms. The summed E-state index contributed by atoms with van der Waals surface area (Å²) in [4.78, 5) is 23.1. The molecule has 100 valence electrons. The summed E-state index contributed by atoms with van der Waals surface area (Å²) in [6.07, 6.45) is 3.11. The standard InChI is InChI=1S/C15H17NO3/c1-8(15(18)19)9-5-6-11-10-3-2-4-12(10)14(17)16-13(11)7-9/h5-8,10,12H,2-4H2,1H3,(H,16,17)(H,18,19). The Labute approximate surface area is 111 Å². The zero-order valence-corrected chi connectivity index (χ0v) is 10.8. The number of fused-ring (bicyclic) bond motifs is 3. The maximum Gasteiger partial charge on any atom is 0.310 e. The first-order valence-electron chi connectivity index (χ1n) is 6.75. The molecule has 0 bridgehead atoms. The lowest BCUT2D eigenvalue weighted by atomic mass is 9.83. The maximum atomic E-state index is 12.0. The highest BCUT2D eigenvalue weighted by Gasteiger charge is 2.39. The van der Waals surface area contributed by atoms with Crippen LogP contribution in [-0.4, -0.2) is 17.0 Å². The Kier molecular flexibility index (Phi) is 2.81. The second kappa shape index (κ2) is 4.37. The first-order chi connectivity index (χ1) is 9.08. The summed E-state index contributed by atoms with van der Waals surface area (Å²) in [7, 11) is 0. The van der Waals surface area contributed by atoms with E-state index < -0.39 is 11.9 Å².